The van der Waals surface area contributed by atoms with Crippen molar-refractivity contribution in [1.82, 2.24) is 9.88 Å². The lowest BCUT2D eigenvalue weighted by atomic mass is 9.79. The van der Waals surface area contributed by atoms with Crippen LogP contribution >= 0.6 is 0 Å². The fourth-order valence-corrected chi connectivity index (χ4v) is 10.2. The van der Waals surface area contributed by atoms with E-state index in [1.54, 1.807) is 5.57 Å². The van der Waals surface area contributed by atoms with Gasteiger partial charge in [0.1, 0.15) is 8.24 Å². The van der Waals surface area contributed by atoms with E-state index in [0.29, 0.717) is 5.92 Å². The molecule has 3 heteroatoms. The third-order valence-corrected chi connectivity index (χ3v) is 11.2. The smallest absolute Gasteiger partial charge is 0.126 e. The first-order chi connectivity index (χ1) is 10.4. The molecule has 1 saturated carbocycles. The van der Waals surface area contributed by atoms with Gasteiger partial charge in [0.2, 0.25) is 0 Å². The lowest BCUT2D eigenvalue weighted by Crippen LogP contribution is -2.60. The molecule has 22 heavy (non-hydrogen) atoms. The van der Waals surface area contributed by atoms with E-state index in [9.17, 15) is 0 Å². The third-order valence-electron chi connectivity index (χ3n) is 6.58. The maximum absolute atomic E-state index is 3.52. The molecule has 2 fully saturated rings. The minimum Gasteiger partial charge on any atom is -0.321 e. The Labute approximate surface area is 138 Å². The highest BCUT2D eigenvalue weighted by Crippen LogP contribution is 2.56. The van der Waals surface area contributed by atoms with Crippen LogP contribution in [0.1, 0.15) is 27.2 Å². The maximum atomic E-state index is 3.52. The van der Waals surface area contributed by atoms with Crippen LogP contribution in [0.5, 0.6) is 0 Å². The van der Waals surface area contributed by atoms with Crippen molar-refractivity contribution in [1.29, 1.82) is 0 Å². The number of piperazine rings is 1. The van der Waals surface area contributed by atoms with Gasteiger partial charge in [-0.3, -0.25) is 0 Å². The summed E-state index contributed by atoms with van der Waals surface area (Å²) in [6, 6.07) is 0. The van der Waals surface area contributed by atoms with E-state index in [4.69, 9.17) is 0 Å². The standard InChI is InChI=1S/C19H34N2Si/c1-14(2)16-7-6-8-17-18(16)13-15(3)19(17)22(4,5)21-11-9-20-10-12-21/h6-8,14-15,17-20H,9-13H2,1-5H3. The van der Waals surface area contributed by atoms with Crippen molar-refractivity contribution < 1.29 is 0 Å². The highest BCUT2D eigenvalue weighted by molar-refractivity contribution is 6.76. The first kappa shape index (κ1) is 16.5. The summed E-state index contributed by atoms with van der Waals surface area (Å²) in [6.07, 6.45) is 8.75. The van der Waals surface area contributed by atoms with Crippen molar-refractivity contribution in [3.8, 4) is 0 Å². The highest BCUT2D eigenvalue weighted by Gasteiger charge is 2.52. The summed E-state index contributed by atoms with van der Waals surface area (Å²) in [5.41, 5.74) is 2.63. The zero-order valence-corrected chi connectivity index (χ0v) is 16.1. The summed E-state index contributed by atoms with van der Waals surface area (Å²) < 4.78 is 2.88. The maximum Gasteiger partial charge on any atom is 0.126 e. The molecule has 0 radical (unpaired) electrons. The lowest BCUT2D eigenvalue weighted by molar-refractivity contribution is 0.340. The Hall–Kier alpha value is -0.383. The molecule has 1 saturated heterocycles. The van der Waals surface area contributed by atoms with Crippen LogP contribution < -0.4 is 5.32 Å². The van der Waals surface area contributed by atoms with Gasteiger partial charge in [-0.15, -0.1) is 0 Å². The summed E-state index contributed by atoms with van der Waals surface area (Å²) in [5, 5.41) is 3.52. The van der Waals surface area contributed by atoms with Gasteiger partial charge in [-0.1, -0.05) is 57.7 Å². The van der Waals surface area contributed by atoms with Crippen molar-refractivity contribution in [2.45, 2.75) is 45.8 Å². The summed E-state index contributed by atoms with van der Waals surface area (Å²) in [7, 11) is -1.39. The van der Waals surface area contributed by atoms with Crippen LogP contribution in [0.2, 0.25) is 18.6 Å². The van der Waals surface area contributed by atoms with Crippen LogP contribution in [-0.2, 0) is 0 Å². The molecule has 0 aromatic heterocycles. The predicted molar refractivity (Wildman–Crippen MR) is 98.5 cm³/mol. The third kappa shape index (κ3) is 2.76. The number of allylic oxidation sites excluding steroid dienone is 4. The van der Waals surface area contributed by atoms with E-state index in [-0.39, 0.29) is 0 Å². The summed E-state index contributed by atoms with van der Waals surface area (Å²) >= 11 is 0. The van der Waals surface area contributed by atoms with Crippen molar-refractivity contribution in [3.05, 3.63) is 23.8 Å². The minimum atomic E-state index is -1.39. The normalized spacial score (nSPS) is 36.5. The number of rotatable bonds is 3. The summed E-state index contributed by atoms with van der Waals surface area (Å²) in [4.78, 5) is 0. The molecule has 1 heterocycles. The minimum absolute atomic E-state index is 0.701. The van der Waals surface area contributed by atoms with Gasteiger partial charge in [-0.25, -0.2) is 0 Å². The Morgan fingerprint density at radius 2 is 1.91 bits per heavy atom. The number of hydrogen-bond acceptors (Lipinski definition) is 2. The van der Waals surface area contributed by atoms with Gasteiger partial charge in [0, 0.05) is 26.2 Å². The summed E-state index contributed by atoms with van der Waals surface area (Å²) in [5.74, 6) is 3.19. The Balaban J connectivity index is 1.85. The zero-order chi connectivity index (χ0) is 15.9. The number of fused-ring (bicyclic) bond motifs is 1. The van der Waals surface area contributed by atoms with Gasteiger partial charge in [-0.05, 0) is 35.6 Å². The Bertz CT molecular complexity index is 460. The zero-order valence-electron chi connectivity index (χ0n) is 15.1. The fraction of sp³-hybridized carbons (Fsp3) is 0.789. The van der Waals surface area contributed by atoms with Crippen molar-refractivity contribution in [3.63, 3.8) is 0 Å². The SMILES string of the molecule is CC(C)C1=CC=CC2C1CC(C)C2[Si](C)(C)N1CCNCC1. The second kappa shape index (κ2) is 6.25. The Morgan fingerprint density at radius 3 is 2.55 bits per heavy atom. The van der Waals surface area contributed by atoms with Gasteiger partial charge in [-0.2, -0.15) is 0 Å². The highest BCUT2D eigenvalue weighted by atomic mass is 28.3. The van der Waals surface area contributed by atoms with Gasteiger partial charge in [0.25, 0.3) is 0 Å². The largest absolute Gasteiger partial charge is 0.321 e. The van der Waals surface area contributed by atoms with Crippen LogP contribution in [0.25, 0.3) is 0 Å². The van der Waals surface area contributed by atoms with E-state index < -0.39 is 8.24 Å². The van der Waals surface area contributed by atoms with Gasteiger partial charge >= 0.3 is 0 Å². The van der Waals surface area contributed by atoms with Crippen molar-refractivity contribution in [2.24, 2.45) is 23.7 Å². The van der Waals surface area contributed by atoms with Gasteiger partial charge < -0.3 is 9.88 Å². The van der Waals surface area contributed by atoms with Crippen LogP contribution in [0.3, 0.4) is 0 Å². The molecule has 0 aromatic rings. The lowest BCUT2D eigenvalue weighted by Gasteiger charge is -2.47. The van der Waals surface area contributed by atoms with Crippen LogP contribution in [0.4, 0.5) is 0 Å². The first-order valence-corrected chi connectivity index (χ1v) is 12.3. The second-order valence-electron chi connectivity index (χ2n) is 8.52. The van der Waals surface area contributed by atoms with E-state index in [1.807, 2.05) is 0 Å². The molecule has 3 rings (SSSR count). The summed E-state index contributed by atoms with van der Waals surface area (Å²) in [6.45, 7) is 17.4. The van der Waals surface area contributed by atoms with Gasteiger partial charge in [0.05, 0.1) is 0 Å². The second-order valence-corrected chi connectivity index (χ2v) is 13.1. The molecule has 0 bridgehead atoms. The molecule has 1 aliphatic heterocycles. The van der Waals surface area contributed by atoms with Crippen LogP contribution in [0, 0.1) is 23.7 Å². The number of nitrogens with one attached hydrogen (secondary N) is 1. The molecule has 0 amide bonds. The molecule has 2 aliphatic carbocycles. The monoisotopic (exact) mass is 318 g/mol. The molecule has 1 N–H and O–H groups in total. The number of hydrogen-bond donors (Lipinski definition) is 1. The molecular weight excluding hydrogens is 284 g/mol. The van der Waals surface area contributed by atoms with Crippen molar-refractivity contribution in [2.75, 3.05) is 26.2 Å². The van der Waals surface area contributed by atoms with Crippen molar-refractivity contribution >= 4 is 8.24 Å². The number of nitrogens with zero attached hydrogens (tertiary/aromatic N) is 1. The fourth-order valence-electron chi connectivity index (χ4n) is 5.60. The average molecular weight is 319 g/mol. The molecular formula is C19H34N2Si. The Morgan fingerprint density at radius 1 is 1.23 bits per heavy atom. The predicted octanol–water partition coefficient (Wildman–Crippen LogP) is 3.89. The van der Waals surface area contributed by atoms with Gasteiger partial charge in [0.15, 0.2) is 0 Å². The quantitative estimate of drug-likeness (QED) is 0.794. The van der Waals surface area contributed by atoms with Crippen LogP contribution in [-0.4, -0.2) is 39.0 Å². The van der Waals surface area contributed by atoms with E-state index >= 15 is 0 Å². The molecule has 0 aromatic carbocycles. The van der Waals surface area contributed by atoms with E-state index in [2.05, 4.69) is 62.0 Å². The molecule has 124 valence electrons. The Kier molecular flexibility index (Phi) is 4.68. The van der Waals surface area contributed by atoms with E-state index in [0.717, 1.165) is 23.3 Å². The average Bonchev–Trinajstić information content (AvgIpc) is 2.84. The molecule has 0 spiro atoms. The van der Waals surface area contributed by atoms with Crippen LogP contribution in [0.15, 0.2) is 23.8 Å². The molecule has 3 aliphatic rings. The first-order valence-electron chi connectivity index (χ1n) is 9.27. The topological polar surface area (TPSA) is 15.3 Å². The molecule has 2 nitrogen and oxygen atoms in total. The molecule has 4 atom stereocenters. The van der Waals surface area contributed by atoms with E-state index in [1.165, 1.54) is 32.6 Å². The molecule has 4 unspecified atom stereocenters.